The van der Waals surface area contributed by atoms with Gasteiger partial charge in [0.15, 0.2) is 0 Å². The van der Waals surface area contributed by atoms with Crippen LogP contribution in [0.4, 0.5) is 0 Å². The summed E-state index contributed by atoms with van der Waals surface area (Å²) >= 11 is 5.75. The van der Waals surface area contributed by atoms with Crippen LogP contribution in [0.1, 0.15) is 17.3 Å². The van der Waals surface area contributed by atoms with Crippen LogP contribution >= 0.6 is 11.6 Å². The molecule has 0 aliphatic carbocycles. The standard InChI is InChI=1S/C11H14ClNO3/c1-7(6-14)13(2)11(16)9-5-8(12)3-4-10(9)15/h3-5,7,14-15H,6H2,1-2H3. The van der Waals surface area contributed by atoms with Gasteiger partial charge in [0.25, 0.3) is 5.91 Å². The third kappa shape index (κ3) is 2.65. The Morgan fingerprint density at radius 3 is 2.75 bits per heavy atom. The minimum atomic E-state index is -0.374. The van der Waals surface area contributed by atoms with Crippen molar-refractivity contribution in [2.75, 3.05) is 13.7 Å². The SMILES string of the molecule is CC(CO)N(C)C(=O)c1cc(Cl)ccc1O. The maximum absolute atomic E-state index is 11.9. The predicted octanol–water partition coefficient (Wildman–Crippen LogP) is 1.50. The number of aliphatic hydroxyl groups excluding tert-OH is 1. The first-order chi connectivity index (χ1) is 7.47. The van der Waals surface area contributed by atoms with Crippen molar-refractivity contribution in [1.82, 2.24) is 4.90 Å². The Hall–Kier alpha value is -1.26. The van der Waals surface area contributed by atoms with E-state index in [-0.39, 0.29) is 29.9 Å². The molecule has 0 aromatic heterocycles. The fourth-order valence-corrected chi connectivity index (χ4v) is 1.36. The molecule has 88 valence electrons. The number of benzene rings is 1. The zero-order chi connectivity index (χ0) is 12.3. The lowest BCUT2D eigenvalue weighted by atomic mass is 10.1. The van der Waals surface area contributed by atoms with Gasteiger partial charge in [-0.2, -0.15) is 0 Å². The minimum absolute atomic E-state index is 0.119. The van der Waals surface area contributed by atoms with Crippen molar-refractivity contribution in [3.63, 3.8) is 0 Å². The molecule has 5 heteroatoms. The van der Waals surface area contributed by atoms with Crippen molar-refractivity contribution in [1.29, 1.82) is 0 Å². The molecule has 1 rings (SSSR count). The van der Waals surface area contributed by atoms with Crippen LogP contribution in [0.3, 0.4) is 0 Å². The first-order valence-corrected chi connectivity index (χ1v) is 5.21. The Morgan fingerprint density at radius 2 is 2.19 bits per heavy atom. The molecule has 4 nitrogen and oxygen atoms in total. The van der Waals surface area contributed by atoms with Gasteiger partial charge in [0.05, 0.1) is 18.2 Å². The maximum Gasteiger partial charge on any atom is 0.257 e. The van der Waals surface area contributed by atoms with E-state index in [4.69, 9.17) is 16.7 Å². The van der Waals surface area contributed by atoms with E-state index in [0.717, 1.165) is 0 Å². The van der Waals surface area contributed by atoms with Gasteiger partial charge in [-0.05, 0) is 25.1 Å². The number of hydrogen-bond donors (Lipinski definition) is 2. The smallest absolute Gasteiger partial charge is 0.257 e. The van der Waals surface area contributed by atoms with E-state index in [1.165, 1.54) is 23.1 Å². The molecule has 0 aliphatic heterocycles. The Labute approximate surface area is 99.1 Å². The maximum atomic E-state index is 11.9. The van der Waals surface area contributed by atoms with E-state index in [1.807, 2.05) is 0 Å². The van der Waals surface area contributed by atoms with Crippen molar-refractivity contribution in [3.05, 3.63) is 28.8 Å². The molecular weight excluding hydrogens is 230 g/mol. The second kappa shape index (κ2) is 5.18. The zero-order valence-corrected chi connectivity index (χ0v) is 9.90. The van der Waals surface area contributed by atoms with Gasteiger partial charge in [0.2, 0.25) is 0 Å². The average Bonchev–Trinajstić information content (AvgIpc) is 2.29. The van der Waals surface area contributed by atoms with E-state index in [2.05, 4.69) is 0 Å². The number of rotatable bonds is 3. The zero-order valence-electron chi connectivity index (χ0n) is 9.14. The van der Waals surface area contributed by atoms with E-state index in [0.29, 0.717) is 5.02 Å². The lowest BCUT2D eigenvalue weighted by molar-refractivity contribution is 0.0679. The first-order valence-electron chi connectivity index (χ1n) is 4.84. The van der Waals surface area contributed by atoms with Gasteiger partial charge in [0, 0.05) is 12.1 Å². The van der Waals surface area contributed by atoms with Crippen LogP contribution in [0, 0.1) is 0 Å². The molecule has 0 aliphatic rings. The third-order valence-electron chi connectivity index (χ3n) is 2.43. The molecule has 16 heavy (non-hydrogen) atoms. The number of nitrogens with zero attached hydrogens (tertiary/aromatic N) is 1. The molecule has 0 spiro atoms. The summed E-state index contributed by atoms with van der Waals surface area (Å²) in [5.41, 5.74) is 0.135. The number of aliphatic hydroxyl groups is 1. The van der Waals surface area contributed by atoms with E-state index in [9.17, 15) is 9.90 Å². The summed E-state index contributed by atoms with van der Waals surface area (Å²) in [5, 5.41) is 18.9. The van der Waals surface area contributed by atoms with Crippen LogP contribution in [-0.4, -0.2) is 40.7 Å². The average molecular weight is 244 g/mol. The second-order valence-electron chi connectivity index (χ2n) is 3.61. The summed E-state index contributed by atoms with van der Waals surface area (Å²) < 4.78 is 0. The van der Waals surface area contributed by atoms with Gasteiger partial charge in [-0.15, -0.1) is 0 Å². The number of aromatic hydroxyl groups is 1. The second-order valence-corrected chi connectivity index (χ2v) is 4.05. The van der Waals surface area contributed by atoms with E-state index < -0.39 is 0 Å². The predicted molar refractivity (Wildman–Crippen MR) is 61.8 cm³/mol. The van der Waals surface area contributed by atoms with Crippen LogP contribution < -0.4 is 0 Å². The molecule has 1 amide bonds. The first kappa shape index (κ1) is 12.8. The topological polar surface area (TPSA) is 60.8 Å². The van der Waals surface area contributed by atoms with Crippen LogP contribution in [0.25, 0.3) is 0 Å². The van der Waals surface area contributed by atoms with Gasteiger partial charge < -0.3 is 15.1 Å². The summed E-state index contributed by atoms with van der Waals surface area (Å²) in [6, 6.07) is 3.96. The van der Waals surface area contributed by atoms with Crippen LogP contribution in [0.15, 0.2) is 18.2 Å². The Bertz CT molecular complexity index is 395. The largest absolute Gasteiger partial charge is 0.507 e. The summed E-state index contributed by atoms with van der Waals surface area (Å²) in [4.78, 5) is 13.3. The lowest BCUT2D eigenvalue weighted by Crippen LogP contribution is -2.37. The fourth-order valence-electron chi connectivity index (χ4n) is 1.19. The molecule has 0 radical (unpaired) electrons. The Morgan fingerprint density at radius 1 is 1.56 bits per heavy atom. The van der Waals surface area contributed by atoms with Crippen LogP contribution in [-0.2, 0) is 0 Å². The van der Waals surface area contributed by atoms with Gasteiger partial charge in [-0.1, -0.05) is 11.6 Å². The molecule has 1 aromatic carbocycles. The highest BCUT2D eigenvalue weighted by Crippen LogP contribution is 2.23. The number of phenols is 1. The quantitative estimate of drug-likeness (QED) is 0.846. The number of carbonyl (C=O) groups is 1. The number of amides is 1. The van der Waals surface area contributed by atoms with Crippen molar-refractivity contribution < 1.29 is 15.0 Å². The number of halogens is 1. The monoisotopic (exact) mass is 243 g/mol. The molecule has 1 atom stereocenters. The molecular formula is C11H14ClNO3. The number of likely N-dealkylation sites (N-methyl/N-ethyl adjacent to an activating group) is 1. The van der Waals surface area contributed by atoms with Gasteiger partial charge in [0.1, 0.15) is 5.75 Å². The summed E-state index contributed by atoms with van der Waals surface area (Å²) in [6.07, 6.45) is 0. The molecule has 0 saturated heterocycles. The molecule has 1 unspecified atom stereocenters. The lowest BCUT2D eigenvalue weighted by Gasteiger charge is -2.23. The Kier molecular flexibility index (Phi) is 4.15. The number of carbonyl (C=O) groups excluding carboxylic acids is 1. The molecule has 0 bridgehead atoms. The van der Waals surface area contributed by atoms with Gasteiger partial charge >= 0.3 is 0 Å². The number of phenolic OH excluding ortho intramolecular Hbond substituents is 1. The van der Waals surface area contributed by atoms with Crippen molar-refractivity contribution in [3.8, 4) is 5.75 Å². The van der Waals surface area contributed by atoms with Gasteiger partial charge in [-0.3, -0.25) is 4.79 Å². The van der Waals surface area contributed by atoms with Crippen LogP contribution in [0.2, 0.25) is 5.02 Å². The summed E-state index contributed by atoms with van der Waals surface area (Å²) in [5.74, 6) is -0.493. The Balaban J connectivity index is 3.00. The van der Waals surface area contributed by atoms with Crippen molar-refractivity contribution in [2.24, 2.45) is 0 Å². The number of hydrogen-bond acceptors (Lipinski definition) is 3. The molecule has 2 N–H and O–H groups in total. The van der Waals surface area contributed by atoms with Crippen molar-refractivity contribution >= 4 is 17.5 Å². The minimum Gasteiger partial charge on any atom is -0.507 e. The molecule has 0 heterocycles. The third-order valence-corrected chi connectivity index (χ3v) is 2.67. The normalized spacial score (nSPS) is 12.2. The van der Waals surface area contributed by atoms with E-state index >= 15 is 0 Å². The van der Waals surface area contributed by atoms with Gasteiger partial charge in [-0.25, -0.2) is 0 Å². The molecule has 1 aromatic rings. The van der Waals surface area contributed by atoms with E-state index in [1.54, 1.807) is 14.0 Å². The highest BCUT2D eigenvalue weighted by molar-refractivity contribution is 6.31. The molecule has 0 saturated carbocycles. The molecule has 0 fully saturated rings. The highest BCUT2D eigenvalue weighted by Gasteiger charge is 2.19. The van der Waals surface area contributed by atoms with Crippen LogP contribution in [0.5, 0.6) is 5.75 Å². The summed E-state index contributed by atoms with van der Waals surface area (Å²) in [6.45, 7) is 1.57. The summed E-state index contributed by atoms with van der Waals surface area (Å²) in [7, 11) is 1.56. The fraction of sp³-hybridized carbons (Fsp3) is 0.364. The van der Waals surface area contributed by atoms with Crippen molar-refractivity contribution in [2.45, 2.75) is 13.0 Å². The highest BCUT2D eigenvalue weighted by atomic mass is 35.5.